The number of rotatable bonds is 3. The highest BCUT2D eigenvalue weighted by Gasteiger charge is 2.38. The minimum absolute atomic E-state index is 0.126. The van der Waals surface area contributed by atoms with Gasteiger partial charge in [-0.25, -0.2) is 0 Å². The predicted octanol–water partition coefficient (Wildman–Crippen LogP) is 3.57. The summed E-state index contributed by atoms with van der Waals surface area (Å²) in [5.41, 5.74) is -0.184. The van der Waals surface area contributed by atoms with Crippen LogP contribution in [0.15, 0.2) is 0 Å². The molecule has 0 aromatic heterocycles. The first kappa shape index (κ1) is 16.1. The SMILES string of the molecule is CC1(C)CNC(C2CCCCC2)CN1CCC(F)(F)F. The van der Waals surface area contributed by atoms with Crippen molar-refractivity contribution in [1.29, 1.82) is 0 Å². The Morgan fingerprint density at radius 2 is 1.80 bits per heavy atom. The van der Waals surface area contributed by atoms with Crippen molar-refractivity contribution in [3.8, 4) is 0 Å². The molecule has 0 amide bonds. The van der Waals surface area contributed by atoms with E-state index in [0.29, 0.717) is 12.0 Å². The number of alkyl halides is 3. The topological polar surface area (TPSA) is 15.3 Å². The largest absolute Gasteiger partial charge is 0.390 e. The Morgan fingerprint density at radius 1 is 1.15 bits per heavy atom. The van der Waals surface area contributed by atoms with E-state index in [4.69, 9.17) is 0 Å². The Morgan fingerprint density at radius 3 is 2.40 bits per heavy atom. The molecule has 0 spiro atoms. The van der Waals surface area contributed by atoms with E-state index in [1.54, 1.807) is 0 Å². The Bertz CT molecular complexity index is 309. The van der Waals surface area contributed by atoms with Crippen LogP contribution in [0.3, 0.4) is 0 Å². The zero-order chi connectivity index (χ0) is 14.8. The van der Waals surface area contributed by atoms with Crippen molar-refractivity contribution in [3.63, 3.8) is 0 Å². The molecule has 2 aliphatic rings. The van der Waals surface area contributed by atoms with Gasteiger partial charge in [-0.3, -0.25) is 4.90 Å². The number of nitrogens with zero attached hydrogens (tertiary/aromatic N) is 1. The summed E-state index contributed by atoms with van der Waals surface area (Å²) in [5, 5.41) is 3.58. The Kier molecular flexibility index (Phi) is 5.00. The van der Waals surface area contributed by atoms with Crippen LogP contribution in [0.1, 0.15) is 52.4 Å². The first-order valence-corrected chi connectivity index (χ1v) is 7.83. The van der Waals surface area contributed by atoms with E-state index >= 15 is 0 Å². The van der Waals surface area contributed by atoms with Crippen LogP contribution in [-0.4, -0.2) is 42.3 Å². The number of hydrogen-bond acceptors (Lipinski definition) is 2. The van der Waals surface area contributed by atoms with E-state index in [-0.39, 0.29) is 12.1 Å². The van der Waals surface area contributed by atoms with Crippen LogP contribution in [0, 0.1) is 5.92 Å². The molecule has 1 saturated heterocycles. The smallest absolute Gasteiger partial charge is 0.311 e. The molecule has 5 heteroatoms. The first-order chi connectivity index (χ1) is 9.28. The molecule has 2 nitrogen and oxygen atoms in total. The molecule has 1 heterocycles. The van der Waals surface area contributed by atoms with Crippen LogP contribution in [-0.2, 0) is 0 Å². The average molecular weight is 292 g/mol. The van der Waals surface area contributed by atoms with Gasteiger partial charge in [-0.05, 0) is 32.6 Å². The van der Waals surface area contributed by atoms with E-state index in [0.717, 1.165) is 13.1 Å². The van der Waals surface area contributed by atoms with Crippen molar-refractivity contribution in [1.82, 2.24) is 10.2 Å². The highest BCUT2D eigenvalue weighted by Crippen LogP contribution is 2.31. The fourth-order valence-electron chi connectivity index (χ4n) is 3.55. The fourth-order valence-corrected chi connectivity index (χ4v) is 3.55. The molecule has 118 valence electrons. The van der Waals surface area contributed by atoms with Gasteiger partial charge in [0.1, 0.15) is 0 Å². The molecule has 1 aliphatic heterocycles. The van der Waals surface area contributed by atoms with Gasteiger partial charge in [0, 0.05) is 31.2 Å². The third kappa shape index (κ3) is 4.35. The summed E-state index contributed by atoms with van der Waals surface area (Å²) in [7, 11) is 0. The molecule has 1 atom stereocenters. The molecule has 0 bridgehead atoms. The second-order valence-electron chi connectivity index (χ2n) is 7.01. The number of nitrogens with one attached hydrogen (secondary N) is 1. The van der Waals surface area contributed by atoms with Gasteiger partial charge in [-0.2, -0.15) is 13.2 Å². The summed E-state index contributed by atoms with van der Waals surface area (Å²) in [4.78, 5) is 2.04. The molecule has 0 aromatic rings. The average Bonchev–Trinajstić information content (AvgIpc) is 2.37. The molecule has 1 unspecified atom stereocenters. The second kappa shape index (κ2) is 6.22. The highest BCUT2D eigenvalue weighted by molar-refractivity contribution is 4.95. The third-order valence-electron chi connectivity index (χ3n) is 4.95. The maximum absolute atomic E-state index is 12.5. The molecule has 20 heavy (non-hydrogen) atoms. The lowest BCUT2D eigenvalue weighted by molar-refractivity contribution is -0.142. The van der Waals surface area contributed by atoms with E-state index < -0.39 is 12.6 Å². The van der Waals surface area contributed by atoms with Gasteiger partial charge >= 0.3 is 6.18 Å². The molecule has 1 aliphatic carbocycles. The Labute approximate surface area is 120 Å². The van der Waals surface area contributed by atoms with Crippen LogP contribution >= 0.6 is 0 Å². The van der Waals surface area contributed by atoms with Crippen molar-refractivity contribution >= 4 is 0 Å². The van der Waals surface area contributed by atoms with Crippen molar-refractivity contribution < 1.29 is 13.2 Å². The molecule has 1 saturated carbocycles. The van der Waals surface area contributed by atoms with Crippen LogP contribution in [0.5, 0.6) is 0 Å². The number of hydrogen-bond donors (Lipinski definition) is 1. The minimum Gasteiger partial charge on any atom is -0.311 e. The zero-order valence-electron chi connectivity index (χ0n) is 12.6. The summed E-state index contributed by atoms with van der Waals surface area (Å²) in [5.74, 6) is 0.647. The summed E-state index contributed by atoms with van der Waals surface area (Å²) in [6, 6.07) is 0.372. The van der Waals surface area contributed by atoms with Gasteiger partial charge in [0.05, 0.1) is 6.42 Å². The van der Waals surface area contributed by atoms with Crippen LogP contribution in [0.4, 0.5) is 13.2 Å². The van der Waals surface area contributed by atoms with E-state index in [2.05, 4.69) is 5.32 Å². The lowest BCUT2D eigenvalue weighted by atomic mass is 9.81. The van der Waals surface area contributed by atoms with Crippen molar-refractivity contribution in [3.05, 3.63) is 0 Å². The lowest BCUT2D eigenvalue weighted by Gasteiger charge is -2.48. The lowest BCUT2D eigenvalue weighted by Crippen LogP contribution is -2.64. The van der Waals surface area contributed by atoms with Gasteiger partial charge in [-0.1, -0.05) is 19.3 Å². The summed E-state index contributed by atoms with van der Waals surface area (Å²) >= 11 is 0. The Hall–Kier alpha value is -0.290. The van der Waals surface area contributed by atoms with Gasteiger partial charge in [0.2, 0.25) is 0 Å². The van der Waals surface area contributed by atoms with Gasteiger partial charge in [-0.15, -0.1) is 0 Å². The van der Waals surface area contributed by atoms with Crippen molar-refractivity contribution in [2.24, 2.45) is 5.92 Å². The predicted molar refractivity (Wildman–Crippen MR) is 74.7 cm³/mol. The highest BCUT2D eigenvalue weighted by atomic mass is 19.4. The molecule has 0 radical (unpaired) electrons. The maximum Gasteiger partial charge on any atom is 0.390 e. The van der Waals surface area contributed by atoms with E-state index in [9.17, 15) is 13.2 Å². The molecule has 2 fully saturated rings. The van der Waals surface area contributed by atoms with Gasteiger partial charge < -0.3 is 5.32 Å². The third-order valence-corrected chi connectivity index (χ3v) is 4.95. The van der Waals surface area contributed by atoms with E-state index in [1.807, 2.05) is 18.7 Å². The second-order valence-corrected chi connectivity index (χ2v) is 7.01. The summed E-state index contributed by atoms with van der Waals surface area (Å²) in [6.07, 6.45) is 1.56. The van der Waals surface area contributed by atoms with Crippen molar-refractivity contribution in [2.45, 2.75) is 70.1 Å². The summed E-state index contributed by atoms with van der Waals surface area (Å²) in [6.45, 7) is 5.74. The first-order valence-electron chi connectivity index (χ1n) is 7.83. The molecular weight excluding hydrogens is 265 g/mol. The molecule has 2 rings (SSSR count). The molecular formula is C15H27F3N2. The molecule has 1 N–H and O–H groups in total. The molecule has 0 aromatic carbocycles. The fraction of sp³-hybridized carbons (Fsp3) is 1.00. The normalized spacial score (nSPS) is 29.6. The van der Waals surface area contributed by atoms with Crippen LogP contribution in [0.2, 0.25) is 0 Å². The van der Waals surface area contributed by atoms with Gasteiger partial charge in [0.15, 0.2) is 0 Å². The van der Waals surface area contributed by atoms with Crippen LogP contribution < -0.4 is 5.32 Å². The number of piperazine rings is 1. The van der Waals surface area contributed by atoms with Crippen LogP contribution in [0.25, 0.3) is 0 Å². The monoisotopic (exact) mass is 292 g/mol. The van der Waals surface area contributed by atoms with Gasteiger partial charge in [0.25, 0.3) is 0 Å². The maximum atomic E-state index is 12.5. The zero-order valence-corrected chi connectivity index (χ0v) is 12.6. The van der Waals surface area contributed by atoms with E-state index in [1.165, 1.54) is 32.1 Å². The standard InChI is InChI=1S/C15H27F3N2/c1-14(2)11-19-13(12-6-4-3-5-7-12)10-20(14)9-8-15(16,17)18/h12-13,19H,3-11H2,1-2H3. The minimum atomic E-state index is -4.05. The quantitative estimate of drug-likeness (QED) is 0.855. The van der Waals surface area contributed by atoms with Crippen molar-refractivity contribution in [2.75, 3.05) is 19.6 Å². The number of halogens is 3. The summed E-state index contributed by atoms with van der Waals surface area (Å²) < 4.78 is 37.4. The Balaban J connectivity index is 1.92.